The Morgan fingerprint density at radius 2 is 1.15 bits per heavy atom. The molecule has 0 aliphatic heterocycles. The molecule has 0 fully saturated rings. The van der Waals surface area contributed by atoms with E-state index in [1.807, 2.05) is 12.1 Å². The van der Waals surface area contributed by atoms with Crippen molar-refractivity contribution >= 4 is 15.9 Å². The number of hydrogen-bond acceptors (Lipinski definition) is 1. The standard InChI is InChI=1S/C24H18BrN/c1-17-14-21(25)12-13-22(17)20-15-23(18-8-4-2-5-9-18)26-24(16-20)19-10-6-3-7-11-19/h2-16H,1H3. The van der Waals surface area contributed by atoms with Crippen LogP contribution < -0.4 is 0 Å². The smallest absolute Gasteiger partial charge is 0.0715 e. The summed E-state index contributed by atoms with van der Waals surface area (Å²) in [5.74, 6) is 0. The third kappa shape index (κ3) is 3.47. The van der Waals surface area contributed by atoms with Crippen molar-refractivity contribution in [3.8, 4) is 33.6 Å². The van der Waals surface area contributed by atoms with E-state index < -0.39 is 0 Å². The molecular weight excluding hydrogens is 382 g/mol. The number of aryl methyl sites for hydroxylation is 1. The van der Waals surface area contributed by atoms with E-state index in [9.17, 15) is 0 Å². The Kier molecular flexibility index (Phi) is 4.68. The first-order valence-corrected chi connectivity index (χ1v) is 9.39. The molecule has 1 heterocycles. The molecule has 26 heavy (non-hydrogen) atoms. The van der Waals surface area contributed by atoms with Crippen LogP contribution in [0.25, 0.3) is 33.6 Å². The van der Waals surface area contributed by atoms with Gasteiger partial charge in [-0.15, -0.1) is 0 Å². The average molecular weight is 400 g/mol. The summed E-state index contributed by atoms with van der Waals surface area (Å²) in [6, 6.07) is 31.5. The van der Waals surface area contributed by atoms with E-state index in [4.69, 9.17) is 4.98 Å². The molecule has 0 radical (unpaired) electrons. The Labute approximate surface area is 162 Å². The molecule has 0 N–H and O–H groups in total. The van der Waals surface area contributed by atoms with Gasteiger partial charge in [0.1, 0.15) is 0 Å². The van der Waals surface area contributed by atoms with Gasteiger partial charge in [0.2, 0.25) is 0 Å². The van der Waals surface area contributed by atoms with Gasteiger partial charge in [-0.2, -0.15) is 0 Å². The third-order valence-electron chi connectivity index (χ3n) is 4.46. The fourth-order valence-corrected chi connectivity index (χ4v) is 3.63. The summed E-state index contributed by atoms with van der Waals surface area (Å²) in [4.78, 5) is 4.94. The zero-order valence-corrected chi connectivity index (χ0v) is 16.1. The first kappa shape index (κ1) is 16.7. The summed E-state index contributed by atoms with van der Waals surface area (Å²) in [7, 11) is 0. The Morgan fingerprint density at radius 3 is 1.65 bits per heavy atom. The topological polar surface area (TPSA) is 12.9 Å². The zero-order valence-electron chi connectivity index (χ0n) is 14.5. The average Bonchev–Trinajstić information content (AvgIpc) is 2.69. The minimum Gasteiger partial charge on any atom is -0.248 e. The van der Waals surface area contributed by atoms with Crippen molar-refractivity contribution < 1.29 is 0 Å². The molecule has 0 saturated heterocycles. The highest BCUT2D eigenvalue weighted by Gasteiger charge is 2.10. The second-order valence-electron chi connectivity index (χ2n) is 6.32. The van der Waals surface area contributed by atoms with Gasteiger partial charge in [-0.05, 0) is 47.9 Å². The Balaban J connectivity index is 1.94. The second kappa shape index (κ2) is 7.27. The molecule has 0 atom stereocenters. The van der Waals surface area contributed by atoms with Crippen molar-refractivity contribution in [2.24, 2.45) is 0 Å². The molecule has 0 aliphatic rings. The summed E-state index contributed by atoms with van der Waals surface area (Å²) in [5.41, 5.74) is 7.88. The normalized spacial score (nSPS) is 10.7. The number of hydrogen-bond donors (Lipinski definition) is 0. The molecule has 0 aliphatic carbocycles. The monoisotopic (exact) mass is 399 g/mol. The number of pyridine rings is 1. The van der Waals surface area contributed by atoms with Crippen molar-refractivity contribution in [2.75, 3.05) is 0 Å². The fourth-order valence-electron chi connectivity index (χ4n) is 3.15. The van der Waals surface area contributed by atoms with E-state index >= 15 is 0 Å². The number of benzene rings is 3. The maximum Gasteiger partial charge on any atom is 0.0715 e. The van der Waals surface area contributed by atoms with E-state index in [1.165, 1.54) is 16.7 Å². The van der Waals surface area contributed by atoms with Crippen LogP contribution in [-0.4, -0.2) is 4.98 Å². The largest absolute Gasteiger partial charge is 0.248 e. The van der Waals surface area contributed by atoms with Gasteiger partial charge in [0.15, 0.2) is 0 Å². The molecule has 0 unspecified atom stereocenters. The van der Waals surface area contributed by atoms with Crippen LogP contribution in [-0.2, 0) is 0 Å². The zero-order chi connectivity index (χ0) is 17.9. The molecule has 3 aromatic carbocycles. The summed E-state index contributed by atoms with van der Waals surface area (Å²) in [6.07, 6.45) is 0. The highest BCUT2D eigenvalue weighted by atomic mass is 79.9. The van der Waals surface area contributed by atoms with E-state index in [1.54, 1.807) is 0 Å². The van der Waals surface area contributed by atoms with Crippen LogP contribution in [0.5, 0.6) is 0 Å². The highest BCUT2D eigenvalue weighted by molar-refractivity contribution is 9.10. The van der Waals surface area contributed by atoms with Gasteiger partial charge in [-0.1, -0.05) is 82.7 Å². The van der Waals surface area contributed by atoms with E-state index in [0.29, 0.717) is 0 Å². The highest BCUT2D eigenvalue weighted by Crippen LogP contribution is 2.32. The van der Waals surface area contributed by atoms with Crippen LogP contribution >= 0.6 is 15.9 Å². The fraction of sp³-hybridized carbons (Fsp3) is 0.0417. The molecule has 0 spiro atoms. The number of nitrogens with zero attached hydrogens (tertiary/aromatic N) is 1. The van der Waals surface area contributed by atoms with Crippen molar-refractivity contribution in [1.82, 2.24) is 4.98 Å². The molecule has 2 heteroatoms. The lowest BCUT2D eigenvalue weighted by Gasteiger charge is -2.12. The van der Waals surface area contributed by atoms with Crippen LogP contribution in [0.1, 0.15) is 5.56 Å². The van der Waals surface area contributed by atoms with Crippen molar-refractivity contribution in [1.29, 1.82) is 0 Å². The minimum atomic E-state index is 0.990. The predicted molar refractivity (Wildman–Crippen MR) is 113 cm³/mol. The molecule has 1 aromatic heterocycles. The van der Waals surface area contributed by atoms with E-state index in [-0.39, 0.29) is 0 Å². The molecule has 0 amide bonds. The van der Waals surface area contributed by atoms with Crippen molar-refractivity contribution in [3.05, 3.63) is 101 Å². The van der Waals surface area contributed by atoms with Crippen LogP contribution in [0.4, 0.5) is 0 Å². The van der Waals surface area contributed by atoms with Crippen LogP contribution in [0.3, 0.4) is 0 Å². The van der Waals surface area contributed by atoms with Gasteiger partial charge in [0.05, 0.1) is 11.4 Å². The molecule has 4 rings (SSSR count). The molecule has 126 valence electrons. The SMILES string of the molecule is Cc1cc(Br)ccc1-c1cc(-c2ccccc2)nc(-c2ccccc2)c1. The minimum absolute atomic E-state index is 0.990. The molecule has 0 bridgehead atoms. The first-order valence-electron chi connectivity index (χ1n) is 8.60. The summed E-state index contributed by atoms with van der Waals surface area (Å²) in [6.45, 7) is 2.14. The number of aromatic nitrogens is 1. The Hall–Kier alpha value is -2.71. The lowest BCUT2D eigenvalue weighted by molar-refractivity contribution is 1.32. The lowest BCUT2D eigenvalue weighted by Crippen LogP contribution is -1.92. The van der Waals surface area contributed by atoms with Crippen LogP contribution in [0, 0.1) is 6.92 Å². The number of rotatable bonds is 3. The van der Waals surface area contributed by atoms with Crippen molar-refractivity contribution in [3.63, 3.8) is 0 Å². The van der Waals surface area contributed by atoms with Gasteiger partial charge in [-0.25, -0.2) is 4.98 Å². The van der Waals surface area contributed by atoms with Gasteiger partial charge < -0.3 is 0 Å². The molecule has 0 saturated carbocycles. The third-order valence-corrected chi connectivity index (χ3v) is 4.96. The van der Waals surface area contributed by atoms with Gasteiger partial charge in [-0.3, -0.25) is 0 Å². The maximum absolute atomic E-state index is 4.94. The summed E-state index contributed by atoms with van der Waals surface area (Å²) >= 11 is 3.56. The first-order chi connectivity index (χ1) is 12.7. The lowest BCUT2D eigenvalue weighted by atomic mass is 9.97. The Bertz CT molecular complexity index is 983. The van der Waals surface area contributed by atoms with Crippen molar-refractivity contribution in [2.45, 2.75) is 6.92 Å². The quantitative estimate of drug-likeness (QED) is 0.356. The predicted octanol–water partition coefficient (Wildman–Crippen LogP) is 7.15. The van der Waals surface area contributed by atoms with Gasteiger partial charge in [0, 0.05) is 15.6 Å². The summed E-state index contributed by atoms with van der Waals surface area (Å²) in [5, 5.41) is 0. The van der Waals surface area contributed by atoms with Crippen LogP contribution in [0.15, 0.2) is 95.5 Å². The van der Waals surface area contributed by atoms with Gasteiger partial charge in [0.25, 0.3) is 0 Å². The maximum atomic E-state index is 4.94. The second-order valence-corrected chi connectivity index (χ2v) is 7.23. The summed E-state index contributed by atoms with van der Waals surface area (Å²) < 4.78 is 1.10. The van der Waals surface area contributed by atoms with Gasteiger partial charge >= 0.3 is 0 Å². The van der Waals surface area contributed by atoms with E-state index in [2.05, 4.69) is 102 Å². The molecule has 1 nitrogen and oxygen atoms in total. The molecule has 4 aromatic rings. The number of halogens is 1. The van der Waals surface area contributed by atoms with E-state index in [0.717, 1.165) is 27.0 Å². The Morgan fingerprint density at radius 1 is 0.615 bits per heavy atom. The molecular formula is C24H18BrN. The van der Waals surface area contributed by atoms with Crippen LogP contribution in [0.2, 0.25) is 0 Å².